The van der Waals surface area contributed by atoms with E-state index >= 15 is 0 Å². The van der Waals surface area contributed by atoms with E-state index < -0.39 is 5.82 Å². The molecule has 0 bridgehead atoms. The van der Waals surface area contributed by atoms with Gasteiger partial charge in [0.05, 0.1) is 5.69 Å². The number of nitrogens with zero attached hydrogens (tertiary/aromatic N) is 1. The van der Waals surface area contributed by atoms with Crippen LogP contribution in [0.2, 0.25) is 0 Å². The van der Waals surface area contributed by atoms with Crippen molar-refractivity contribution in [3.63, 3.8) is 0 Å². The number of anilines is 1. The van der Waals surface area contributed by atoms with Crippen LogP contribution >= 0.6 is 27.3 Å². The topological polar surface area (TPSA) is 42.0 Å². The molecule has 0 saturated carbocycles. The summed E-state index contributed by atoms with van der Waals surface area (Å²) in [7, 11) is 0. The van der Waals surface area contributed by atoms with E-state index in [9.17, 15) is 9.18 Å². The van der Waals surface area contributed by atoms with E-state index in [1.54, 1.807) is 6.07 Å². The average Bonchev–Trinajstić information content (AvgIpc) is 2.98. The van der Waals surface area contributed by atoms with Crippen LogP contribution in [0.3, 0.4) is 0 Å². The summed E-state index contributed by atoms with van der Waals surface area (Å²) in [6.45, 7) is 2.05. The third-order valence-corrected chi connectivity index (χ3v) is 5.09. The maximum absolute atomic E-state index is 13.2. The molecular weight excluding hydrogens is 391 g/mol. The van der Waals surface area contributed by atoms with Crippen molar-refractivity contribution in [1.82, 2.24) is 4.98 Å². The van der Waals surface area contributed by atoms with Gasteiger partial charge in [0.2, 0.25) is 0 Å². The van der Waals surface area contributed by atoms with Crippen molar-refractivity contribution in [2.24, 2.45) is 0 Å². The summed E-state index contributed by atoms with van der Waals surface area (Å²) < 4.78 is 14.2. The molecule has 0 aliphatic heterocycles. The van der Waals surface area contributed by atoms with E-state index in [0.717, 1.165) is 27.0 Å². The second-order valence-electron chi connectivity index (χ2n) is 5.12. The van der Waals surface area contributed by atoms with Gasteiger partial charge in [0, 0.05) is 20.5 Å². The summed E-state index contributed by atoms with van der Waals surface area (Å²) in [6.07, 6.45) is 0.818. The minimum atomic E-state index is -0.438. The van der Waals surface area contributed by atoms with E-state index in [2.05, 4.69) is 26.2 Å². The van der Waals surface area contributed by atoms with Crippen LogP contribution in [0.5, 0.6) is 0 Å². The van der Waals surface area contributed by atoms with Gasteiger partial charge < -0.3 is 0 Å². The number of aryl methyl sites for hydroxylation is 1. The van der Waals surface area contributed by atoms with Crippen LogP contribution in [-0.4, -0.2) is 10.9 Å². The standard InChI is InChI=1S/C18H14BrFN2OS/c1-2-15-16(11-6-8-13(19)9-7-11)21-18(24-15)22-17(23)12-4-3-5-14(20)10-12/h3-10H,2H2,1H3,(H,21,22,23). The van der Waals surface area contributed by atoms with Gasteiger partial charge >= 0.3 is 0 Å². The zero-order valence-electron chi connectivity index (χ0n) is 12.8. The molecule has 1 amide bonds. The normalized spacial score (nSPS) is 10.6. The molecule has 6 heteroatoms. The van der Waals surface area contributed by atoms with E-state index in [1.165, 1.54) is 29.5 Å². The number of carbonyl (C=O) groups excluding carboxylic acids is 1. The first kappa shape index (κ1) is 16.8. The Morgan fingerprint density at radius 1 is 1.25 bits per heavy atom. The molecule has 0 spiro atoms. The fraction of sp³-hybridized carbons (Fsp3) is 0.111. The van der Waals surface area contributed by atoms with Gasteiger partial charge in [0.1, 0.15) is 5.82 Å². The maximum atomic E-state index is 13.2. The van der Waals surface area contributed by atoms with Crippen molar-refractivity contribution in [2.75, 3.05) is 5.32 Å². The summed E-state index contributed by atoms with van der Waals surface area (Å²) in [5.74, 6) is -0.806. The number of carbonyl (C=O) groups is 1. The molecular formula is C18H14BrFN2OS. The molecule has 0 atom stereocenters. The molecule has 3 rings (SSSR count). The molecule has 1 aromatic heterocycles. The molecule has 0 saturated heterocycles. The van der Waals surface area contributed by atoms with Gasteiger partial charge in [0.25, 0.3) is 5.91 Å². The maximum Gasteiger partial charge on any atom is 0.257 e. The van der Waals surface area contributed by atoms with Gasteiger partial charge in [0.15, 0.2) is 5.13 Å². The van der Waals surface area contributed by atoms with Crippen LogP contribution in [0.4, 0.5) is 9.52 Å². The van der Waals surface area contributed by atoms with Gasteiger partial charge in [-0.25, -0.2) is 9.37 Å². The first-order valence-corrected chi connectivity index (χ1v) is 9.00. The molecule has 0 aliphatic carbocycles. The SMILES string of the molecule is CCc1sc(NC(=O)c2cccc(F)c2)nc1-c1ccc(Br)cc1. The van der Waals surface area contributed by atoms with Gasteiger partial charge in [-0.1, -0.05) is 41.1 Å². The van der Waals surface area contributed by atoms with Crippen LogP contribution in [0.15, 0.2) is 53.0 Å². The molecule has 122 valence electrons. The molecule has 1 N–H and O–H groups in total. The van der Waals surface area contributed by atoms with Crippen molar-refractivity contribution in [3.05, 3.63) is 69.3 Å². The molecule has 0 radical (unpaired) electrons. The molecule has 1 heterocycles. The van der Waals surface area contributed by atoms with Crippen molar-refractivity contribution in [2.45, 2.75) is 13.3 Å². The first-order valence-electron chi connectivity index (χ1n) is 7.39. The van der Waals surface area contributed by atoms with Crippen molar-refractivity contribution >= 4 is 38.3 Å². The van der Waals surface area contributed by atoms with Crippen LogP contribution in [-0.2, 0) is 6.42 Å². The Balaban J connectivity index is 1.87. The minimum absolute atomic E-state index is 0.272. The Morgan fingerprint density at radius 2 is 2.00 bits per heavy atom. The third kappa shape index (κ3) is 3.71. The van der Waals surface area contributed by atoms with E-state index in [0.29, 0.717) is 5.13 Å². The highest BCUT2D eigenvalue weighted by molar-refractivity contribution is 9.10. The fourth-order valence-corrected chi connectivity index (χ4v) is 3.46. The van der Waals surface area contributed by atoms with Gasteiger partial charge in [-0.15, -0.1) is 11.3 Å². The number of aromatic nitrogens is 1. The molecule has 24 heavy (non-hydrogen) atoms. The van der Waals surface area contributed by atoms with Crippen LogP contribution in [0.1, 0.15) is 22.2 Å². The predicted molar refractivity (Wildman–Crippen MR) is 99.0 cm³/mol. The second kappa shape index (κ2) is 7.23. The highest BCUT2D eigenvalue weighted by atomic mass is 79.9. The molecule has 2 aromatic carbocycles. The quantitative estimate of drug-likeness (QED) is 0.621. The Bertz CT molecular complexity index is 877. The highest BCUT2D eigenvalue weighted by Crippen LogP contribution is 2.32. The van der Waals surface area contributed by atoms with Crippen LogP contribution in [0.25, 0.3) is 11.3 Å². The number of amides is 1. The van der Waals surface area contributed by atoms with E-state index in [1.807, 2.05) is 31.2 Å². The second-order valence-corrected chi connectivity index (χ2v) is 7.12. The van der Waals surface area contributed by atoms with Gasteiger partial charge in [-0.05, 0) is 36.8 Å². The number of thiazole rings is 1. The lowest BCUT2D eigenvalue weighted by Gasteiger charge is -2.01. The molecule has 3 nitrogen and oxygen atoms in total. The smallest absolute Gasteiger partial charge is 0.257 e. The number of hydrogen-bond acceptors (Lipinski definition) is 3. The number of hydrogen-bond donors (Lipinski definition) is 1. The Hall–Kier alpha value is -2.05. The lowest BCUT2D eigenvalue weighted by molar-refractivity contribution is 0.102. The molecule has 0 aliphatic rings. The number of rotatable bonds is 4. The Kier molecular flexibility index (Phi) is 5.06. The highest BCUT2D eigenvalue weighted by Gasteiger charge is 2.15. The summed E-state index contributed by atoms with van der Waals surface area (Å²) in [5.41, 5.74) is 2.13. The van der Waals surface area contributed by atoms with Crippen molar-refractivity contribution in [3.8, 4) is 11.3 Å². The summed E-state index contributed by atoms with van der Waals surface area (Å²) in [6, 6.07) is 13.5. The predicted octanol–water partition coefficient (Wildman–Crippen LogP) is 5.53. The van der Waals surface area contributed by atoms with E-state index in [4.69, 9.17) is 0 Å². The summed E-state index contributed by atoms with van der Waals surface area (Å²) in [5, 5.41) is 3.27. The molecule has 0 unspecified atom stereocenters. The summed E-state index contributed by atoms with van der Waals surface area (Å²) in [4.78, 5) is 17.9. The summed E-state index contributed by atoms with van der Waals surface area (Å²) >= 11 is 4.85. The number of halogens is 2. The zero-order chi connectivity index (χ0) is 17.1. The minimum Gasteiger partial charge on any atom is -0.298 e. The molecule has 3 aromatic rings. The lowest BCUT2D eigenvalue weighted by atomic mass is 10.1. The zero-order valence-corrected chi connectivity index (χ0v) is 15.2. The Morgan fingerprint density at radius 3 is 2.67 bits per heavy atom. The van der Waals surface area contributed by atoms with Crippen LogP contribution < -0.4 is 5.32 Å². The number of nitrogens with one attached hydrogen (secondary N) is 1. The number of benzene rings is 2. The third-order valence-electron chi connectivity index (χ3n) is 3.44. The fourth-order valence-electron chi connectivity index (χ4n) is 2.28. The van der Waals surface area contributed by atoms with Crippen LogP contribution in [0, 0.1) is 5.82 Å². The molecule has 0 fully saturated rings. The Labute approximate surface area is 151 Å². The first-order chi connectivity index (χ1) is 11.6. The van der Waals surface area contributed by atoms with Crippen molar-refractivity contribution in [1.29, 1.82) is 0 Å². The lowest BCUT2D eigenvalue weighted by Crippen LogP contribution is -2.11. The van der Waals surface area contributed by atoms with Gasteiger partial charge in [-0.3, -0.25) is 10.1 Å². The largest absolute Gasteiger partial charge is 0.298 e. The monoisotopic (exact) mass is 404 g/mol. The van der Waals surface area contributed by atoms with E-state index in [-0.39, 0.29) is 11.5 Å². The average molecular weight is 405 g/mol. The van der Waals surface area contributed by atoms with Crippen molar-refractivity contribution < 1.29 is 9.18 Å². The van der Waals surface area contributed by atoms with Gasteiger partial charge in [-0.2, -0.15) is 0 Å².